The molecule has 1 saturated heterocycles. The molecule has 172 valence electrons. The van der Waals surface area contributed by atoms with E-state index in [1.165, 1.54) is 18.5 Å². The molecule has 0 saturated carbocycles. The van der Waals surface area contributed by atoms with Gasteiger partial charge in [-0.1, -0.05) is 12.1 Å². The van der Waals surface area contributed by atoms with Gasteiger partial charge in [0.15, 0.2) is 5.82 Å². The van der Waals surface area contributed by atoms with Crippen LogP contribution in [-0.2, 0) is 4.79 Å². The first-order valence-corrected chi connectivity index (χ1v) is 10.9. The SMILES string of the molecule is Cc1cccc(NC(=O)C2CNCCN2c2ncnc3ccc(-c4ccc(F)cc4F)nc23)c1. The maximum absolute atomic E-state index is 14.4. The molecule has 1 fully saturated rings. The van der Waals surface area contributed by atoms with Gasteiger partial charge in [-0.15, -0.1) is 0 Å². The molecule has 1 aliphatic heterocycles. The summed E-state index contributed by atoms with van der Waals surface area (Å²) in [5.74, 6) is -1.05. The quantitative estimate of drug-likeness (QED) is 0.483. The molecule has 1 unspecified atom stereocenters. The van der Waals surface area contributed by atoms with Crippen molar-refractivity contribution in [1.29, 1.82) is 0 Å². The summed E-state index contributed by atoms with van der Waals surface area (Å²) in [6.45, 7) is 3.57. The Hall–Kier alpha value is -3.98. The Bertz CT molecular complexity index is 1380. The monoisotopic (exact) mass is 460 g/mol. The number of piperazine rings is 1. The average molecular weight is 460 g/mol. The maximum Gasteiger partial charge on any atom is 0.248 e. The number of hydrogen-bond donors (Lipinski definition) is 2. The van der Waals surface area contributed by atoms with E-state index in [1.807, 2.05) is 36.1 Å². The summed E-state index contributed by atoms with van der Waals surface area (Å²) in [4.78, 5) is 28.5. The van der Waals surface area contributed by atoms with Gasteiger partial charge in [0.05, 0.1) is 11.2 Å². The van der Waals surface area contributed by atoms with Crippen molar-refractivity contribution in [3.8, 4) is 11.3 Å². The van der Waals surface area contributed by atoms with Crippen molar-refractivity contribution >= 4 is 28.4 Å². The molecule has 4 aromatic rings. The van der Waals surface area contributed by atoms with E-state index in [-0.39, 0.29) is 11.5 Å². The number of fused-ring (bicyclic) bond motifs is 1. The van der Waals surface area contributed by atoms with Crippen LogP contribution in [0.5, 0.6) is 0 Å². The molecule has 2 N–H and O–H groups in total. The zero-order valence-electron chi connectivity index (χ0n) is 18.4. The van der Waals surface area contributed by atoms with Crippen molar-refractivity contribution in [1.82, 2.24) is 20.3 Å². The van der Waals surface area contributed by atoms with Gasteiger partial charge in [-0.3, -0.25) is 4.79 Å². The zero-order valence-corrected chi connectivity index (χ0v) is 18.4. The van der Waals surface area contributed by atoms with E-state index < -0.39 is 17.7 Å². The van der Waals surface area contributed by atoms with Crippen molar-refractivity contribution in [2.75, 3.05) is 29.9 Å². The first-order chi connectivity index (χ1) is 16.5. The van der Waals surface area contributed by atoms with Crippen LogP contribution in [0.25, 0.3) is 22.3 Å². The first-order valence-electron chi connectivity index (χ1n) is 10.9. The van der Waals surface area contributed by atoms with Crippen LogP contribution in [0.2, 0.25) is 0 Å². The maximum atomic E-state index is 14.4. The molecule has 7 nitrogen and oxygen atoms in total. The molecule has 0 spiro atoms. The second-order valence-corrected chi connectivity index (χ2v) is 8.16. The third kappa shape index (κ3) is 4.29. The van der Waals surface area contributed by atoms with Gasteiger partial charge < -0.3 is 15.5 Å². The zero-order chi connectivity index (χ0) is 23.7. The number of carbonyl (C=O) groups is 1. The Morgan fingerprint density at radius 1 is 1.12 bits per heavy atom. The van der Waals surface area contributed by atoms with Crippen molar-refractivity contribution in [3.05, 3.63) is 78.1 Å². The Labute approximate surface area is 194 Å². The lowest BCUT2D eigenvalue weighted by Gasteiger charge is -2.36. The molecule has 2 aromatic heterocycles. The number of anilines is 2. The lowest BCUT2D eigenvalue weighted by molar-refractivity contribution is -0.117. The van der Waals surface area contributed by atoms with Crippen LogP contribution < -0.4 is 15.5 Å². The summed E-state index contributed by atoms with van der Waals surface area (Å²) < 4.78 is 27.8. The van der Waals surface area contributed by atoms with Crippen LogP contribution >= 0.6 is 0 Å². The molecule has 0 bridgehead atoms. The highest BCUT2D eigenvalue weighted by Crippen LogP contribution is 2.28. The molecular formula is C25H22F2N6O. The van der Waals surface area contributed by atoms with Crippen LogP contribution in [0.4, 0.5) is 20.3 Å². The minimum absolute atomic E-state index is 0.173. The molecule has 1 amide bonds. The topological polar surface area (TPSA) is 83.0 Å². The fourth-order valence-corrected chi connectivity index (χ4v) is 4.13. The van der Waals surface area contributed by atoms with Crippen LogP contribution in [0, 0.1) is 18.6 Å². The van der Waals surface area contributed by atoms with E-state index >= 15 is 0 Å². The van der Waals surface area contributed by atoms with E-state index in [2.05, 4.69) is 25.6 Å². The van der Waals surface area contributed by atoms with Gasteiger partial charge >= 0.3 is 0 Å². The number of aromatic nitrogens is 3. The number of nitrogens with one attached hydrogen (secondary N) is 2. The van der Waals surface area contributed by atoms with Gasteiger partial charge in [0.1, 0.15) is 29.5 Å². The predicted molar refractivity (Wildman–Crippen MR) is 126 cm³/mol. The first kappa shape index (κ1) is 21.8. The van der Waals surface area contributed by atoms with Crippen LogP contribution in [-0.4, -0.2) is 46.5 Å². The summed E-state index contributed by atoms with van der Waals surface area (Å²) in [5, 5.41) is 6.24. The number of halogens is 2. The number of hydrogen-bond acceptors (Lipinski definition) is 6. The van der Waals surface area contributed by atoms with E-state index in [0.717, 1.165) is 17.3 Å². The average Bonchev–Trinajstić information content (AvgIpc) is 2.83. The second kappa shape index (κ2) is 9.11. The third-order valence-electron chi connectivity index (χ3n) is 5.77. The molecule has 1 aliphatic rings. The van der Waals surface area contributed by atoms with Crippen LogP contribution in [0.3, 0.4) is 0 Å². The van der Waals surface area contributed by atoms with Gasteiger partial charge in [0.25, 0.3) is 0 Å². The van der Waals surface area contributed by atoms with E-state index in [1.54, 1.807) is 12.1 Å². The summed E-state index contributed by atoms with van der Waals surface area (Å²) in [6.07, 6.45) is 1.43. The van der Waals surface area contributed by atoms with Crippen molar-refractivity contribution in [3.63, 3.8) is 0 Å². The predicted octanol–water partition coefficient (Wildman–Crippen LogP) is 3.70. The molecule has 0 aliphatic carbocycles. The smallest absolute Gasteiger partial charge is 0.248 e. The van der Waals surface area contributed by atoms with E-state index in [4.69, 9.17) is 0 Å². The molecular weight excluding hydrogens is 438 g/mol. The van der Waals surface area contributed by atoms with Crippen molar-refractivity contribution in [2.45, 2.75) is 13.0 Å². The molecule has 9 heteroatoms. The highest BCUT2D eigenvalue weighted by atomic mass is 19.1. The fourth-order valence-electron chi connectivity index (χ4n) is 4.13. The van der Waals surface area contributed by atoms with Crippen molar-refractivity contribution in [2.24, 2.45) is 0 Å². The summed E-state index contributed by atoms with van der Waals surface area (Å²) in [7, 11) is 0. The van der Waals surface area contributed by atoms with Crippen LogP contribution in [0.1, 0.15) is 5.56 Å². The number of pyridine rings is 1. The van der Waals surface area contributed by atoms with Gasteiger partial charge in [0.2, 0.25) is 5.91 Å². The third-order valence-corrected chi connectivity index (χ3v) is 5.77. The summed E-state index contributed by atoms with van der Waals surface area (Å²) >= 11 is 0. The Morgan fingerprint density at radius 2 is 2.00 bits per heavy atom. The molecule has 5 rings (SSSR count). The second-order valence-electron chi connectivity index (χ2n) is 8.16. The van der Waals surface area contributed by atoms with Gasteiger partial charge in [-0.2, -0.15) is 0 Å². The lowest BCUT2D eigenvalue weighted by Crippen LogP contribution is -2.57. The normalized spacial score (nSPS) is 16.0. The molecule has 34 heavy (non-hydrogen) atoms. The van der Waals surface area contributed by atoms with Crippen molar-refractivity contribution < 1.29 is 13.6 Å². The molecule has 3 heterocycles. The summed E-state index contributed by atoms with van der Waals surface area (Å²) in [5.41, 5.74) is 3.27. The number of carbonyl (C=O) groups excluding carboxylic acids is 1. The van der Waals surface area contributed by atoms with E-state index in [9.17, 15) is 13.6 Å². The Balaban J connectivity index is 1.52. The fraction of sp³-hybridized carbons (Fsp3) is 0.200. The number of amides is 1. The number of nitrogens with zero attached hydrogens (tertiary/aromatic N) is 4. The largest absolute Gasteiger partial charge is 0.340 e. The summed E-state index contributed by atoms with van der Waals surface area (Å²) in [6, 6.07) is 13.8. The van der Waals surface area contributed by atoms with E-state index in [0.29, 0.717) is 42.2 Å². The minimum atomic E-state index is -0.706. The van der Waals surface area contributed by atoms with Gasteiger partial charge in [0, 0.05) is 37.0 Å². The van der Waals surface area contributed by atoms with Gasteiger partial charge in [-0.25, -0.2) is 23.7 Å². The van der Waals surface area contributed by atoms with Crippen LogP contribution in [0.15, 0.2) is 60.9 Å². The lowest BCUT2D eigenvalue weighted by atomic mass is 10.1. The molecule has 2 aromatic carbocycles. The number of aryl methyl sites for hydroxylation is 1. The number of benzene rings is 2. The highest BCUT2D eigenvalue weighted by Gasteiger charge is 2.31. The van der Waals surface area contributed by atoms with Gasteiger partial charge in [-0.05, 0) is 48.9 Å². The standard InChI is InChI=1S/C25H22F2N6O/c1-15-3-2-4-17(11-15)31-25(34)22-13-28-9-10-33(22)24-23-21(29-14-30-24)8-7-20(32-23)18-6-5-16(26)12-19(18)27/h2-8,11-12,14,22,28H,9-10,13H2,1H3,(H,31,34). The Kier molecular flexibility index (Phi) is 5.85. The molecule has 0 radical (unpaired) electrons. The molecule has 1 atom stereocenters. The Morgan fingerprint density at radius 3 is 2.82 bits per heavy atom. The highest BCUT2D eigenvalue weighted by molar-refractivity contribution is 5.99. The minimum Gasteiger partial charge on any atom is -0.340 e. The number of rotatable bonds is 4.